The number of unbranched alkanes of at least 4 members (excludes halogenated alkanes) is 14. The van der Waals surface area contributed by atoms with Crippen LogP contribution in [0.2, 0.25) is 0 Å². The summed E-state index contributed by atoms with van der Waals surface area (Å²) in [6, 6.07) is 3.04. The number of rotatable bonds is 29. The molecule has 1 unspecified atom stereocenters. The molecular formula is C31H52N3O11P. The lowest BCUT2D eigenvalue weighted by Gasteiger charge is -2.18. The molecule has 2 N–H and O–H groups in total. The van der Waals surface area contributed by atoms with Crippen LogP contribution >= 0.6 is 7.82 Å². The smallest absolute Gasteiger partial charge is 0.472 e. The highest BCUT2D eigenvalue weighted by molar-refractivity contribution is 7.47. The molecular weight excluding hydrogens is 621 g/mol. The topological polar surface area (TPSA) is 190 Å². The van der Waals surface area contributed by atoms with Gasteiger partial charge in [0.15, 0.2) is 6.10 Å². The number of anilines is 1. The van der Waals surface area contributed by atoms with Crippen molar-refractivity contribution in [2.24, 2.45) is 0 Å². The molecule has 46 heavy (non-hydrogen) atoms. The van der Waals surface area contributed by atoms with Crippen molar-refractivity contribution in [1.82, 2.24) is 0 Å². The molecule has 0 bridgehead atoms. The number of benzene rings is 1. The number of nitro benzene ring substituents is 2. The Kier molecular flexibility index (Phi) is 22.3. The molecule has 1 aromatic rings. The van der Waals surface area contributed by atoms with Crippen LogP contribution < -0.4 is 5.32 Å². The Morgan fingerprint density at radius 1 is 0.913 bits per heavy atom. The van der Waals surface area contributed by atoms with Crippen molar-refractivity contribution in [1.29, 1.82) is 0 Å². The highest BCUT2D eigenvalue weighted by Gasteiger charge is 2.25. The molecule has 1 rings (SSSR count). The van der Waals surface area contributed by atoms with E-state index >= 15 is 0 Å². The quantitative estimate of drug-likeness (QED) is 0.0207. The monoisotopic (exact) mass is 673 g/mol. The SMILES string of the molecule is CCCCCCCCCCCCCCCC/C=C/OC[C@H](COP(=O)(O)OCCNc1ccc([N+](=O)[O-])cc1[N+](=O)[O-])OC(C)=O. The first kappa shape index (κ1) is 41.0. The van der Waals surface area contributed by atoms with E-state index in [9.17, 15) is 34.5 Å². The van der Waals surface area contributed by atoms with Crippen molar-refractivity contribution >= 4 is 30.9 Å². The minimum Gasteiger partial charge on any atom is -0.498 e. The van der Waals surface area contributed by atoms with E-state index in [1.165, 1.54) is 90.2 Å². The Morgan fingerprint density at radius 3 is 2.04 bits per heavy atom. The van der Waals surface area contributed by atoms with E-state index in [0.717, 1.165) is 37.5 Å². The van der Waals surface area contributed by atoms with Crippen LogP contribution in [0.5, 0.6) is 0 Å². The standard InChI is InChI=1S/C31H52N3O11P/c1-3-4-5-6-7-8-9-10-11-12-13-14-15-16-17-18-22-42-25-29(45-27(2)35)26-44-46(40,41)43-23-21-32-30-20-19-28(33(36)37)24-31(30)34(38)39/h18-20,22,24,29,32H,3-17,21,23,25-26H2,1-2H3,(H,40,41)/b22-18+/t29-/m1/s1. The fourth-order valence-corrected chi connectivity index (χ4v) is 5.35. The van der Waals surface area contributed by atoms with Gasteiger partial charge in [-0.05, 0) is 25.0 Å². The van der Waals surface area contributed by atoms with Crippen LogP contribution in [0.4, 0.5) is 17.1 Å². The summed E-state index contributed by atoms with van der Waals surface area (Å²) < 4.78 is 32.6. The number of carbonyl (C=O) groups is 1. The molecule has 2 atom stereocenters. The Balaban J connectivity index is 2.22. The number of nitro groups is 2. The van der Waals surface area contributed by atoms with Crippen molar-refractivity contribution < 1.29 is 42.6 Å². The van der Waals surface area contributed by atoms with Crippen molar-refractivity contribution in [2.45, 2.75) is 116 Å². The summed E-state index contributed by atoms with van der Waals surface area (Å²) in [5.41, 5.74) is -1.01. The maximum Gasteiger partial charge on any atom is 0.472 e. The van der Waals surface area contributed by atoms with Gasteiger partial charge < -0.3 is 19.7 Å². The van der Waals surface area contributed by atoms with E-state index in [-0.39, 0.29) is 18.8 Å². The average molecular weight is 674 g/mol. The van der Waals surface area contributed by atoms with E-state index in [1.807, 2.05) is 6.08 Å². The Bertz CT molecular complexity index is 1100. The molecule has 0 radical (unpaired) electrons. The van der Waals surface area contributed by atoms with E-state index in [2.05, 4.69) is 12.2 Å². The summed E-state index contributed by atoms with van der Waals surface area (Å²) >= 11 is 0. The van der Waals surface area contributed by atoms with Gasteiger partial charge in [-0.3, -0.25) is 34.1 Å². The molecule has 0 heterocycles. The van der Waals surface area contributed by atoms with E-state index in [1.54, 1.807) is 0 Å². The molecule has 1 aromatic carbocycles. The number of phosphoric acid groups is 1. The van der Waals surface area contributed by atoms with Gasteiger partial charge in [0.05, 0.1) is 35.4 Å². The summed E-state index contributed by atoms with van der Waals surface area (Å²) in [6.07, 6.45) is 21.4. The predicted molar refractivity (Wildman–Crippen MR) is 176 cm³/mol. The van der Waals surface area contributed by atoms with Crippen LogP contribution in [0, 0.1) is 20.2 Å². The third-order valence-electron chi connectivity index (χ3n) is 7.02. The molecule has 0 aliphatic heterocycles. The third-order valence-corrected chi connectivity index (χ3v) is 8.00. The lowest BCUT2D eigenvalue weighted by Crippen LogP contribution is -2.26. The van der Waals surface area contributed by atoms with Crippen LogP contribution in [0.1, 0.15) is 110 Å². The van der Waals surface area contributed by atoms with Crippen LogP contribution in [0.3, 0.4) is 0 Å². The Labute approximate surface area is 272 Å². The van der Waals surface area contributed by atoms with Gasteiger partial charge in [-0.1, -0.05) is 90.4 Å². The Morgan fingerprint density at radius 2 is 1.50 bits per heavy atom. The lowest BCUT2D eigenvalue weighted by atomic mass is 10.0. The number of hydrogen-bond donors (Lipinski definition) is 2. The van der Waals surface area contributed by atoms with Crippen LogP contribution in [-0.4, -0.2) is 53.2 Å². The molecule has 15 heteroatoms. The normalized spacial score (nSPS) is 13.3. The number of non-ortho nitro benzene ring substituents is 1. The largest absolute Gasteiger partial charge is 0.498 e. The minimum atomic E-state index is -4.57. The van der Waals surface area contributed by atoms with Gasteiger partial charge in [0.1, 0.15) is 12.3 Å². The summed E-state index contributed by atoms with van der Waals surface area (Å²) in [7, 11) is -4.57. The van der Waals surface area contributed by atoms with E-state index < -0.39 is 54.3 Å². The van der Waals surface area contributed by atoms with Crippen molar-refractivity contribution in [3.63, 3.8) is 0 Å². The second-order valence-electron chi connectivity index (χ2n) is 11.1. The maximum absolute atomic E-state index is 12.3. The number of hydrogen-bond acceptors (Lipinski definition) is 11. The second kappa shape index (κ2) is 25.1. The number of nitrogens with zero attached hydrogens (tertiary/aromatic N) is 2. The zero-order valence-corrected chi connectivity index (χ0v) is 28.2. The van der Waals surface area contributed by atoms with Crippen LogP contribution in [0.25, 0.3) is 0 Å². The zero-order valence-electron chi connectivity index (χ0n) is 27.3. The summed E-state index contributed by atoms with van der Waals surface area (Å²) in [4.78, 5) is 41.9. The number of esters is 1. The molecule has 0 aliphatic carbocycles. The molecule has 0 saturated carbocycles. The van der Waals surface area contributed by atoms with Crippen LogP contribution in [0.15, 0.2) is 30.5 Å². The molecule has 0 spiro atoms. The van der Waals surface area contributed by atoms with Gasteiger partial charge in [0, 0.05) is 19.5 Å². The van der Waals surface area contributed by atoms with Gasteiger partial charge >= 0.3 is 13.8 Å². The zero-order chi connectivity index (χ0) is 34.0. The first-order chi connectivity index (χ1) is 22.1. The lowest BCUT2D eigenvalue weighted by molar-refractivity contribution is -0.393. The van der Waals surface area contributed by atoms with Gasteiger partial charge in [-0.25, -0.2) is 4.57 Å². The van der Waals surface area contributed by atoms with Crippen molar-refractivity contribution in [3.8, 4) is 0 Å². The van der Waals surface area contributed by atoms with E-state index in [0.29, 0.717) is 0 Å². The number of phosphoric ester groups is 1. The molecule has 14 nitrogen and oxygen atoms in total. The molecule has 0 aliphatic rings. The third kappa shape index (κ3) is 20.9. The molecule has 0 amide bonds. The average Bonchev–Trinajstić information content (AvgIpc) is 3.01. The molecule has 0 aromatic heterocycles. The second-order valence-corrected chi connectivity index (χ2v) is 12.5. The predicted octanol–water partition coefficient (Wildman–Crippen LogP) is 8.38. The molecule has 0 fully saturated rings. The van der Waals surface area contributed by atoms with Crippen LogP contribution in [-0.2, 0) is 27.9 Å². The number of nitrogens with one attached hydrogen (secondary N) is 1. The molecule has 262 valence electrons. The number of carbonyl (C=O) groups excluding carboxylic acids is 1. The fourth-order valence-electron chi connectivity index (χ4n) is 4.60. The molecule has 0 saturated heterocycles. The van der Waals surface area contributed by atoms with Gasteiger partial charge in [-0.2, -0.15) is 0 Å². The van der Waals surface area contributed by atoms with Crippen molar-refractivity contribution in [2.75, 3.05) is 31.7 Å². The first-order valence-corrected chi connectivity index (χ1v) is 17.8. The summed E-state index contributed by atoms with van der Waals surface area (Å²) in [6.45, 7) is 2.33. The van der Waals surface area contributed by atoms with Gasteiger partial charge in [0.25, 0.3) is 11.4 Å². The first-order valence-electron chi connectivity index (χ1n) is 16.3. The highest BCUT2D eigenvalue weighted by atomic mass is 31.2. The maximum atomic E-state index is 12.3. The Hall–Kier alpha value is -3.06. The number of allylic oxidation sites excluding steroid dienone is 1. The van der Waals surface area contributed by atoms with E-state index in [4.69, 9.17) is 18.5 Å². The highest BCUT2D eigenvalue weighted by Crippen LogP contribution is 2.43. The minimum absolute atomic E-state index is 0.0302. The summed E-state index contributed by atoms with van der Waals surface area (Å²) in [5.74, 6) is -0.619. The summed E-state index contributed by atoms with van der Waals surface area (Å²) in [5, 5.41) is 24.7. The fraction of sp³-hybridized carbons (Fsp3) is 0.710. The number of ether oxygens (including phenoxy) is 2. The van der Waals surface area contributed by atoms with Gasteiger partial charge in [-0.15, -0.1) is 0 Å². The van der Waals surface area contributed by atoms with Crippen molar-refractivity contribution in [3.05, 3.63) is 50.8 Å². The van der Waals surface area contributed by atoms with Gasteiger partial charge in [0.2, 0.25) is 0 Å².